The second kappa shape index (κ2) is 4.91. The summed E-state index contributed by atoms with van der Waals surface area (Å²) in [5.41, 5.74) is 0.157. The average Bonchev–Trinajstić information content (AvgIpc) is 2.83. The third kappa shape index (κ3) is 1.94. The maximum absolute atomic E-state index is 12.4. The van der Waals surface area contributed by atoms with Gasteiger partial charge < -0.3 is 10.3 Å². The second-order valence-electron chi connectivity index (χ2n) is 4.49. The maximum Gasteiger partial charge on any atom is 0.332 e. The van der Waals surface area contributed by atoms with Crippen LogP contribution in [0.2, 0.25) is 0 Å². The van der Waals surface area contributed by atoms with E-state index in [-0.39, 0.29) is 17.3 Å². The normalized spacial score (nSPS) is 12.8. The Bertz CT molecular complexity index is 709. The first-order valence-corrected chi connectivity index (χ1v) is 6.47. The molecule has 0 saturated heterocycles. The van der Waals surface area contributed by atoms with Crippen LogP contribution in [0.5, 0.6) is 0 Å². The largest absolute Gasteiger partial charge is 0.359 e. The van der Waals surface area contributed by atoms with Gasteiger partial charge in [0.25, 0.3) is 5.56 Å². The van der Waals surface area contributed by atoms with Crippen molar-refractivity contribution in [3.63, 3.8) is 0 Å². The zero-order valence-electron chi connectivity index (χ0n) is 11.6. The van der Waals surface area contributed by atoms with Gasteiger partial charge in [-0.25, -0.2) is 4.79 Å². The van der Waals surface area contributed by atoms with Crippen molar-refractivity contribution in [3.8, 4) is 0 Å². The van der Waals surface area contributed by atoms with E-state index >= 15 is 0 Å². The molecule has 2 rings (SSSR count). The minimum absolute atomic E-state index is 0.0126. The van der Waals surface area contributed by atoms with E-state index < -0.39 is 0 Å². The summed E-state index contributed by atoms with van der Waals surface area (Å²) in [7, 11) is 1.71. The highest BCUT2D eigenvalue weighted by Crippen LogP contribution is 2.15. The van der Waals surface area contributed by atoms with Crippen molar-refractivity contribution < 1.29 is 0 Å². The van der Waals surface area contributed by atoms with Crippen LogP contribution in [-0.4, -0.2) is 26.1 Å². The smallest absolute Gasteiger partial charge is 0.332 e. The topological polar surface area (TPSA) is 84.7 Å². The summed E-state index contributed by atoms with van der Waals surface area (Å²) in [6.45, 7) is 6.07. The van der Waals surface area contributed by atoms with Crippen molar-refractivity contribution in [1.29, 1.82) is 0 Å². The van der Waals surface area contributed by atoms with Crippen molar-refractivity contribution in [3.05, 3.63) is 20.8 Å². The fraction of sp³-hybridized carbons (Fsp3) is 0.583. The zero-order valence-corrected chi connectivity index (χ0v) is 11.6. The molecule has 1 unspecified atom stereocenters. The predicted octanol–water partition coefficient (Wildman–Crippen LogP) is 0.919. The first-order valence-electron chi connectivity index (χ1n) is 6.47. The Labute approximate surface area is 110 Å². The van der Waals surface area contributed by atoms with Gasteiger partial charge in [0.15, 0.2) is 11.2 Å². The molecule has 0 spiro atoms. The Morgan fingerprint density at radius 3 is 2.58 bits per heavy atom. The highest BCUT2D eigenvalue weighted by atomic mass is 16.2. The Balaban J connectivity index is 2.95. The number of hydrogen-bond donors (Lipinski definition) is 2. The summed E-state index contributed by atoms with van der Waals surface area (Å²) in [5.74, 6) is 0.484. The molecule has 19 heavy (non-hydrogen) atoms. The van der Waals surface area contributed by atoms with Crippen molar-refractivity contribution in [2.45, 2.75) is 39.8 Å². The summed E-state index contributed by atoms with van der Waals surface area (Å²) in [6, 6.07) is -0.0126. The molecule has 2 heterocycles. The Kier molecular flexibility index (Phi) is 3.46. The molecule has 7 nitrogen and oxygen atoms in total. The monoisotopic (exact) mass is 265 g/mol. The lowest BCUT2D eigenvalue weighted by Crippen LogP contribution is -2.40. The van der Waals surface area contributed by atoms with Crippen LogP contribution in [-0.2, 0) is 6.54 Å². The number of imidazole rings is 1. The summed E-state index contributed by atoms with van der Waals surface area (Å²) in [4.78, 5) is 31.8. The molecular formula is C12H19N5O2. The van der Waals surface area contributed by atoms with E-state index in [1.807, 2.05) is 13.8 Å². The Morgan fingerprint density at radius 2 is 2.05 bits per heavy atom. The van der Waals surface area contributed by atoms with Gasteiger partial charge in [-0.05, 0) is 20.3 Å². The van der Waals surface area contributed by atoms with Gasteiger partial charge in [0.1, 0.15) is 0 Å². The molecule has 7 heteroatoms. The van der Waals surface area contributed by atoms with E-state index in [1.54, 1.807) is 18.5 Å². The van der Waals surface area contributed by atoms with Gasteiger partial charge in [0.2, 0.25) is 5.95 Å². The van der Waals surface area contributed by atoms with Crippen LogP contribution in [0.3, 0.4) is 0 Å². The third-order valence-electron chi connectivity index (χ3n) is 3.39. The number of aromatic amines is 1. The summed E-state index contributed by atoms with van der Waals surface area (Å²) >= 11 is 0. The van der Waals surface area contributed by atoms with Crippen molar-refractivity contribution in [2.24, 2.45) is 0 Å². The standard InChI is InChI=1S/C12H19N5O2/c1-5-7(3)17-9-8(14-11(13-4)15-9)10(18)16(6-2)12(17)19/h7H,5-6H2,1-4H3,(H2,13,14,15). The number of hydrogen-bond acceptors (Lipinski definition) is 4. The Morgan fingerprint density at radius 1 is 1.37 bits per heavy atom. The summed E-state index contributed by atoms with van der Waals surface area (Å²) < 4.78 is 2.81. The number of rotatable bonds is 4. The highest BCUT2D eigenvalue weighted by molar-refractivity contribution is 5.72. The van der Waals surface area contributed by atoms with Crippen molar-refractivity contribution in [2.75, 3.05) is 12.4 Å². The van der Waals surface area contributed by atoms with Gasteiger partial charge in [-0.1, -0.05) is 6.92 Å². The first kappa shape index (κ1) is 13.4. The van der Waals surface area contributed by atoms with Gasteiger partial charge in [0, 0.05) is 19.6 Å². The van der Waals surface area contributed by atoms with Gasteiger partial charge in [-0.15, -0.1) is 0 Å². The molecule has 2 N–H and O–H groups in total. The minimum atomic E-state index is -0.323. The molecule has 0 aliphatic heterocycles. The number of fused-ring (bicyclic) bond motifs is 1. The molecule has 0 radical (unpaired) electrons. The molecule has 0 aliphatic rings. The van der Waals surface area contributed by atoms with Crippen LogP contribution >= 0.6 is 0 Å². The third-order valence-corrected chi connectivity index (χ3v) is 3.39. The van der Waals surface area contributed by atoms with E-state index in [9.17, 15) is 9.59 Å². The molecule has 0 saturated carbocycles. The fourth-order valence-electron chi connectivity index (χ4n) is 2.11. The molecule has 1 atom stereocenters. The lowest BCUT2D eigenvalue weighted by Gasteiger charge is -2.15. The predicted molar refractivity (Wildman–Crippen MR) is 74.8 cm³/mol. The van der Waals surface area contributed by atoms with Gasteiger partial charge in [-0.2, -0.15) is 4.98 Å². The summed E-state index contributed by atoms with van der Waals surface area (Å²) in [6.07, 6.45) is 0.790. The van der Waals surface area contributed by atoms with E-state index in [0.717, 1.165) is 6.42 Å². The van der Waals surface area contributed by atoms with E-state index in [0.29, 0.717) is 23.7 Å². The number of nitrogens with zero attached hydrogens (tertiary/aromatic N) is 3. The quantitative estimate of drug-likeness (QED) is 0.861. The molecular weight excluding hydrogens is 246 g/mol. The lowest BCUT2D eigenvalue weighted by atomic mass is 10.2. The molecule has 0 fully saturated rings. The maximum atomic E-state index is 12.4. The molecule has 104 valence electrons. The number of nitrogens with one attached hydrogen (secondary N) is 2. The molecule has 0 aromatic carbocycles. The van der Waals surface area contributed by atoms with Crippen LogP contribution in [0.25, 0.3) is 11.2 Å². The van der Waals surface area contributed by atoms with Gasteiger partial charge in [-0.3, -0.25) is 13.9 Å². The second-order valence-corrected chi connectivity index (χ2v) is 4.49. The number of aromatic nitrogens is 4. The van der Waals surface area contributed by atoms with Crippen molar-refractivity contribution in [1.82, 2.24) is 19.1 Å². The first-order chi connectivity index (χ1) is 9.04. The molecule has 0 aliphatic carbocycles. The van der Waals surface area contributed by atoms with E-state index in [2.05, 4.69) is 15.3 Å². The van der Waals surface area contributed by atoms with Crippen molar-refractivity contribution >= 4 is 17.1 Å². The van der Waals surface area contributed by atoms with E-state index in [4.69, 9.17) is 0 Å². The van der Waals surface area contributed by atoms with Crippen LogP contribution in [0, 0.1) is 0 Å². The SMILES string of the molecule is CCC(C)n1c(=O)n(CC)c(=O)c2[nH]c(NC)nc21. The van der Waals surface area contributed by atoms with Crippen LogP contribution in [0.4, 0.5) is 5.95 Å². The number of anilines is 1. The van der Waals surface area contributed by atoms with E-state index in [1.165, 1.54) is 4.57 Å². The molecule has 0 bridgehead atoms. The van der Waals surface area contributed by atoms with Gasteiger partial charge >= 0.3 is 5.69 Å². The highest BCUT2D eigenvalue weighted by Gasteiger charge is 2.18. The lowest BCUT2D eigenvalue weighted by molar-refractivity contribution is 0.489. The average molecular weight is 265 g/mol. The zero-order chi connectivity index (χ0) is 14.2. The number of H-pyrrole nitrogens is 1. The van der Waals surface area contributed by atoms with Crippen LogP contribution in [0.15, 0.2) is 9.59 Å². The minimum Gasteiger partial charge on any atom is -0.359 e. The summed E-state index contributed by atoms with van der Waals surface area (Å²) in [5, 5.41) is 2.85. The Hall–Kier alpha value is -2.05. The van der Waals surface area contributed by atoms with Crippen LogP contribution < -0.4 is 16.6 Å². The van der Waals surface area contributed by atoms with Gasteiger partial charge in [0.05, 0.1) is 0 Å². The van der Waals surface area contributed by atoms with Crippen LogP contribution in [0.1, 0.15) is 33.2 Å². The molecule has 2 aromatic rings. The fourth-order valence-corrected chi connectivity index (χ4v) is 2.11. The molecule has 2 aromatic heterocycles. The molecule has 0 amide bonds.